The van der Waals surface area contributed by atoms with E-state index in [1.54, 1.807) is 30.2 Å². The number of carbonyl (C=O) groups is 1. The summed E-state index contributed by atoms with van der Waals surface area (Å²) in [5.74, 6) is 0.498. The molecule has 10 heteroatoms. The Labute approximate surface area is 242 Å². The van der Waals surface area contributed by atoms with Gasteiger partial charge in [-0.2, -0.15) is 18.4 Å². The smallest absolute Gasteiger partial charge is 0.416 e. The van der Waals surface area contributed by atoms with Gasteiger partial charge >= 0.3 is 12.3 Å². The number of nitriles is 1. The first kappa shape index (κ1) is 29.0. The molecule has 0 aliphatic carbocycles. The summed E-state index contributed by atoms with van der Waals surface area (Å²) in [6, 6.07) is 13.5. The molecular weight excluding hydrogens is 543 g/mol. The summed E-state index contributed by atoms with van der Waals surface area (Å²) in [5.41, 5.74) is 3.24. The van der Waals surface area contributed by atoms with Gasteiger partial charge in [0.15, 0.2) is 0 Å². The molecule has 0 bridgehead atoms. The van der Waals surface area contributed by atoms with Crippen LogP contribution in [-0.4, -0.2) is 39.1 Å². The third kappa shape index (κ3) is 5.77. The van der Waals surface area contributed by atoms with Gasteiger partial charge in [-0.25, -0.2) is 9.78 Å². The number of nitrogens with one attached hydrogen (secondary N) is 1. The van der Waals surface area contributed by atoms with Crippen molar-refractivity contribution >= 4 is 34.0 Å². The number of aromatic nitrogens is 2. The van der Waals surface area contributed by atoms with Crippen molar-refractivity contribution in [1.29, 1.82) is 5.26 Å². The van der Waals surface area contributed by atoms with Crippen LogP contribution in [0.1, 0.15) is 68.0 Å². The normalized spacial score (nSPS) is 14.9. The van der Waals surface area contributed by atoms with Crippen molar-refractivity contribution in [2.75, 3.05) is 18.4 Å². The van der Waals surface area contributed by atoms with Gasteiger partial charge in [0.2, 0.25) is 0 Å². The first-order valence-electron chi connectivity index (χ1n) is 13.7. The van der Waals surface area contributed by atoms with Crippen LogP contribution >= 0.6 is 0 Å². The molecule has 5 rings (SSSR count). The van der Waals surface area contributed by atoms with Gasteiger partial charge in [0.1, 0.15) is 23.1 Å². The third-order valence-electron chi connectivity index (χ3n) is 7.40. The minimum absolute atomic E-state index is 0.160. The molecule has 0 saturated carbocycles. The molecule has 1 atom stereocenters. The molecule has 1 N–H and O–H groups in total. The molecule has 42 heavy (non-hydrogen) atoms. The molecule has 7 nitrogen and oxygen atoms in total. The Morgan fingerprint density at radius 2 is 1.93 bits per heavy atom. The van der Waals surface area contributed by atoms with E-state index in [2.05, 4.69) is 11.4 Å². The van der Waals surface area contributed by atoms with Crippen molar-refractivity contribution in [2.45, 2.75) is 58.9 Å². The van der Waals surface area contributed by atoms with Crippen LogP contribution < -0.4 is 5.32 Å². The van der Waals surface area contributed by atoms with E-state index in [1.165, 1.54) is 13.0 Å². The lowest BCUT2D eigenvalue weighted by atomic mass is 9.96. The zero-order chi connectivity index (χ0) is 30.4. The average molecular weight is 576 g/mol. The lowest BCUT2D eigenvalue weighted by Gasteiger charge is -2.29. The minimum atomic E-state index is -4.45. The van der Waals surface area contributed by atoms with Gasteiger partial charge in [-0.15, -0.1) is 0 Å². The van der Waals surface area contributed by atoms with Crippen molar-refractivity contribution in [3.63, 3.8) is 0 Å². The topological polar surface area (TPSA) is 82.7 Å². The highest BCUT2D eigenvalue weighted by Gasteiger charge is 2.33. The molecule has 0 fully saturated rings. The van der Waals surface area contributed by atoms with Gasteiger partial charge < -0.3 is 15.0 Å². The summed E-state index contributed by atoms with van der Waals surface area (Å²) in [6.45, 7) is 9.71. The number of ether oxygens (including phenoxy) is 1. The number of amides is 1. The summed E-state index contributed by atoms with van der Waals surface area (Å²) in [4.78, 5) is 19.0. The van der Waals surface area contributed by atoms with Gasteiger partial charge in [-0.05, 0) is 81.5 Å². The van der Waals surface area contributed by atoms with Crippen LogP contribution in [0.3, 0.4) is 0 Å². The van der Waals surface area contributed by atoms with Crippen molar-refractivity contribution in [3.8, 4) is 6.07 Å². The quantitative estimate of drug-likeness (QED) is 0.268. The highest BCUT2D eigenvalue weighted by Crippen LogP contribution is 2.36. The highest BCUT2D eigenvalue weighted by molar-refractivity contribution is 5.94. The maximum Gasteiger partial charge on any atom is 0.416 e. The lowest BCUT2D eigenvalue weighted by molar-refractivity contribution is -0.138. The summed E-state index contributed by atoms with van der Waals surface area (Å²) >= 11 is 0. The maximum atomic E-state index is 13.6. The molecule has 218 valence electrons. The third-order valence-corrected chi connectivity index (χ3v) is 7.40. The van der Waals surface area contributed by atoms with E-state index in [9.17, 15) is 23.2 Å². The van der Waals surface area contributed by atoms with Crippen LogP contribution in [0.25, 0.3) is 22.1 Å². The Bertz CT molecular complexity index is 1760. The van der Waals surface area contributed by atoms with E-state index in [-0.39, 0.29) is 11.7 Å². The molecule has 2 aromatic carbocycles. The van der Waals surface area contributed by atoms with Crippen LogP contribution in [0.4, 0.5) is 23.8 Å². The first-order chi connectivity index (χ1) is 19.7. The minimum Gasteiger partial charge on any atom is -0.444 e. The Kier molecular flexibility index (Phi) is 7.39. The number of nitrogens with zero attached hydrogens (tertiary/aromatic N) is 4. The van der Waals surface area contributed by atoms with E-state index in [0.717, 1.165) is 28.1 Å². The fourth-order valence-corrected chi connectivity index (χ4v) is 5.35. The fourth-order valence-electron chi connectivity index (χ4n) is 5.35. The first-order valence-corrected chi connectivity index (χ1v) is 13.7. The van der Waals surface area contributed by atoms with Crippen LogP contribution in [0.15, 0.2) is 54.7 Å². The Hall–Kier alpha value is -4.52. The van der Waals surface area contributed by atoms with E-state index in [4.69, 9.17) is 9.72 Å². The number of rotatable bonds is 4. The number of benzene rings is 2. The molecule has 2 aromatic heterocycles. The van der Waals surface area contributed by atoms with Crippen molar-refractivity contribution < 1.29 is 22.7 Å². The molecule has 1 aliphatic heterocycles. The number of carbonyl (C=O) groups excluding carboxylic acids is 1. The standard InChI is InChI=1S/C32H32F3N5O2/c1-19-24(7-6-8-26(19)32(33,34)35)20(2)37-29-25-16-23(9-10-27(25)40-18-21(17-36)15-28(40)38-29)22-11-13-39(14-12-22)30(41)42-31(3,4)5/h6-11,15-16,18,20H,12-14H2,1-5H3,(H,37,38)/t20-/m1/s1. The molecule has 1 aliphatic rings. The second-order valence-corrected chi connectivity index (χ2v) is 11.6. The molecule has 4 aromatic rings. The van der Waals surface area contributed by atoms with E-state index in [1.807, 2.05) is 49.4 Å². The second kappa shape index (κ2) is 10.7. The van der Waals surface area contributed by atoms with Crippen LogP contribution in [0.2, 0.25) is 0 Å². The van der Waals surface area contributed by atoms with Crippen molar-refractivity contribution in [3.05, 3.63) is 82.6 Å². The molecule has 0 saturated heterocycles. The van der Waals surface area contributed by atoms with E-state index < -0.39 is 23.4 Å². The van der Waals surface area contributed by atoms with E-state index >= 15 is 0 Å². The molecule has 3 heterocycles. The Morgan fingerprint density at radius 3 is 2.57 bits per heavy atom. The SMILES string of the molecule is Cc1c([C@@H](C)Nc2nc3cc(C#N)cn3c3ccc(C4=CCN(C(=O)OC(C)(C)C)CC4)cc23)cccc1C(F)(F)F. The molecule has 1 amide bonds. The summed E-state index contributed by atoms with van der Waals surface area (Å²) < 4.78 is 48.2. The number of hydrogen-bond acceptors (Lipinski definition) is 5. The zero-order valence-electron chi connectivity index (χ0n) is 24.1. The maximum absolute atomic E-state index is 13.6. The predicted octanol–water partition coefficient (Wildman–Crippen LogP) is 7.88. The average Bonchev–Trinajstić information content (AvgIpc) is 3.35. The Balaban J connectivity index is 1.53. The van der Waals surface area contributed by atoms with Crippen LogP contribution in [0, 0.1) is 18.3 Å². The predicted molar refractivity (Wildman–Crippen MR) is 156 cm³/mol. The van der Waals surface area contributed by atoms with Crippen LogP contribution in [-0.2, 0) is 10.9 Å². The fraction of sp³-hybridized carbons (Fsp3) is 0.344. The largest absolute Gasteiger partial charge is 0.444 e. The van der Waals surface area contributed by atoms with Crippen LogP contribution in [0.5, 0.6) is 0 Å². The van der Waals surface area contributed by atoms with Gasteiger partial charge in [0, 0.05) is 30.7 Å². The second-order valence-electron chi connectivity index (χ2n) is 11.6. The molecule has 0 radical (unpaired) electrons. The molecular formula is C32H32F3N5O2. The highest BCUT2D eigenvalue weighted by atomic mass is 19.4. The van der Waals surface area contributed by atoms with Gasteiger partial charge in [0.25, 0.3) is 0 Å². The summed E-state index contributed by atoms with van der Waals surface area (Å²) in [6.07, 6.45) is -0.455. The summed E-state index contributed by atoms with van der Waals surface area (Å²) in [5, 5.41) is 13.6. The number of hydrogen-bond donors (Lipinski definition) is 1. The molecule has 0 unspecified atom stereocenters. The van der Waals surface area contributed by atoms with Crippen molar-refractivity contribution in [1.82, 2.24) is 14.3 Å². The number of alkyl halides is 3. The number of halogens is 3. The van der Waals surface area contributed by atoms with Gasteiger partial charge in [-0.3, -0.25) is 4.40 Å². The van der Waals surface area contributed by atoms with Gasteiger partial charge in [0.05, 0.1) is 22.7 Å². The lowest BCUT2D eigenvalue weighted by Crippen LogP contribution is -2.39. The summed E-state index contributed by atoms with van der Waals surface area (Å²) in [7, 11) is 0. The number of anilines is 1. The molecule has 0 spiro atoms. The van der Waals surface area contributed by atoms with Crippen molar-refractivity contribution in [2.24, 2.45) is 0 Å². The van der Waals surface area contributed by atoms with E-state index in [0.29, 0.717) is 42.1 Å². The monoisotopic (exact) mass is 575 g/mol. The Morgan fingerprint density at radius 1 is 1.17 bits per heavy atom. The number of fused-ring (bicyclic) bond motifs is 3. The zero-order valence-corrected chi connectivity index (χ0v) is 24.1. The van der Waals surface area contributed by atoms with Gasteiger partial charge in [-0.1, -0.05) is 24.3 Å².